The van der Waals surface area contributed by atoms with Gasteiger partial charge in [-0.1, -0.05) is 0 Å². The summed E-state index contributed by atoms with van der Waals surface area (Å²) in [6.07, 6.45) is 3.29. The average Bonchev–Trinajstić information content (AvgIpc) is 2.55. The second kappa shape index (κ2) is 3.44. The Labute approximate surface area is 96.8 Å². The molecule has 1 saturated carbocycles. The Kier molecular flexibility index (Phi) is 2.27. The van der Waals surface area contributed by atoms with Crippen LogP contribution in [0.4, 0.5) is 0 Å². The highest BCUT2D eigenvalue weighted by Crippen LogP contribution is 2.47. The number of nitrogens with two attached hydrogens (primary N) is 1. The van der Waals surface area contributed by atoms with Crippen molar-refractivity contribution in [3.05, 3.63) is 0 Å². The fourth-order valence-corrected chi connectivity index (χ4v) is 3.62. The third kappa shape index (κ3) is 1.55. The molecule has 16 heavy (non-hydrogen) atoms. The summed E-state index contributed by atoms with van der Waals surface area (Å²) in [6, 6.07) is 0.398. The monoisotopic (exact) mass is 223 g/mol. The van der Waals surface area contributed by atoms with Crippen molar-refractivity contribution in [1.29, 1.82) is 0 Å². The van der Waals surface area contributed by atoms with E-state index in [4.69, 9.17) is 5.73 Å². The Morgan fingerprint density at radius 3 is 2.56 bits per heavy atom. The Morgan fingerprint density at radius 2 is 2.06 bits per heavy atom. The molecule has 2 N–H and O–H groups in total. The van der Waals surface area contributed by atoms with Crippen LogP contribution < -0.4 is 5.73 Å². The zero-order valence-corrected chi connectivity index (χ0v) is 9.98. The van der Waals surface area contributed by atoms with Crippen LogP contribution in [-0.2, 0) is 4.79 Å². The molecule has 0 aromatic rings. The minimum Gasteiger partial charge on any atom is -0.341 e. The van der Waals surface area contributed by atoms with Gasteiger partial charge in [-0.2, -0.15) is 0 Å². The lowest BCUT2D eigenvalue weighted by Crippen LogP contribution is -2.67. The second-order valence-electron chi connectivity index (χ2n) is 6.11. The Morgan fingerprint density at radius 1 is 1.38 bits per heavy atom. The summed E-state index contributed by atoms with van der Waals surface area (Å²) >= 11 is 0. The molecule has 0 bridgehead atoms. The first-order chi connectivity index (χ1) is 7.58. The van der Waals surface area contributed by atoms with Gasteiger partial charge in [-0.3, -0.25) is 4.79 Å². The van der Waals surface area contributed by atoms with Crippen molar-refractivity contribution >= 4 is 5.91 Å². The topological polar surface area (TPSA) is 49.6 Å². The van der Waals surface area contributed by atoms with Gasteiger partial charge < -0.3 is 15.5 Å². The lowest BCUT2D eigenvalue weighted by atomic mass is 9.61. The van der Waals surface area contributed by atoms with E-state index in [1.54, 1.807) is 0 Å². The largest absolute Gasteiger partial charge is 0.341 e. The van der Waals surface area contributed by atoms with Crippen LogP contribution in [0.1, 0.15) is 19.3 Å². The molecule has 3 rings (SSSR count). The van der Waals surface area contributed by atoms with Gasteiger partial charge in [-0.05, 0) is 32.9 Å². The maximum atomic E-state index is 12.2. The lowest BCUT2D eigenvalue weighted by Gasteiger charge is -2.58. The summed E-state index contributed by atoms with van der Waals surface area (Å²) < 4.78 is 0. The molecule has 1 spiro atoms. The number of rotatable bonds is 1. The zero-order chi connectivity index (χ0) is 11.3. The number of carbonyl (C=O) groups is 1. The molecule has 4 nitrogen and oxygen atoms in total. The van der Waals surface area contributed by atoms with Crippen LogP contribution in [0.15, 0.2) is 0 Å². The van der Waals surface area contributed by atoms with Gasteiger partial charge in [-0.15, -0.1) is 0 Å². The van der Waals surface area contributed by atoms with Gasteiger partial charge in [0.2, 0.25) is 5.91 Å². The molecule has 1 amide bonds. The number of nitrogens with zero attached hydrogens (tertiary/aromatic N) is 2. The van der Waals surface area contributed by atoms with E-state index in [0.29, 0.717) is 17.4 Å². The maximum absolute atomic E-state index is 12.2. The molecule has 4 heteroatoms. The fourth-order valence-electron chi connectivity index (χ4n) is 3.62. The van der Waals surface area contributed by atoms with E-state index in [1.807, 2.05) is 0 Å². The van der Waals surface area contributed by atoms with Crippen molar-refractivity contribution in [3.8, 4) is 0 Å². The van der Waals surface area contributed by atoms with Crippen LogP contribution in [0.5, 0.6) is 0 Å². The summed E-state index contributed by atoms with van der Waals surface area (Å²) in [5.74, 6) is 0.645. The highest BCUT2D eigenvalue weighted by molar-refractivity contribution is 5.80. The molecule has 0 unspecified atom stereocenters. The van der Waals surface area contributed by atoms with Gasteiger partial charge in [0, 0.05) is 31.1 Å². The van der Waals surface area contributed by atoms with Crippen LogP contribution in [0.2, 0.25) is 0 Å². The molecule has 3 aliphatic rings. The third-order valence-electron chi connectivity index (χ3n) is 4.50. The highest BCUT2D eigenvalue weighted by atomic mass is 16.2. The van der Waals surface area contributed by atoms with Crippen molar-refractivity contribution in [2.45, 2.75) is 25.3 Å². The van der Waals surface area contributed by atoms with Crippen LogP contribution in [0.3, 0.4) is 0 Å². The smallest absolute Gasteiger partial charge is 0.227 e. The third-order valence-corrected chi connectivity index (χ3v) is 4.50. The van der Waals surface area contributed by atoms with Crippen molar-refractivity contribution in [2.75, 3.05) is 33.2 Å². The molecule has 3 fully saturated rings. The summed E-state index contributed by atoms with van der Waals surface area (Å²) in [6.45, 7) is 3.96. The molecule has 1 atom stereocenters. The molecule has 2 aliphatic heterocycles. The first kappa shape index (κ1) is 10.5. The van der Waals surface area contributed by atoms with E-state index < -0.39 is 0 Å². The standard InChI is InChI=1S/C12H21N3O/c1-14-3-2-9(6-14)11(16)15-7-12(8-15)4-10(13)5-12/h9-10H,2-8,13H2,1H3/t9-/m1/s1. The molecular formula is C12H21N3O. The summed E-state index contributed by atoms with van der Waals surface area (Å²) in [5, 5.41) is 0. The molecule has 2 heterocycles. The van der Waals surface area contributed by atoms with Crippen molar-refractivity contribution < 1.29 is 4.79 Å². The maximum Gasteiger partial charge on any atom is 0.227 e. The Hall–Kier alpha value is -0.610. The number of hydrogen-bond acceptors (Lipinski definition) is 3. The fraction of sp³-hybridized carbons (Fsp3) is 0.917. The molecule has 1 aliphatic carbocycles. The summed E-state index contributed by atoms with van der Waals surface area (Å²) in [4.78, 5) is 16.4. The predicted octanol–water partition coefficient (Wildman–Crippen LogP) is -0.112. The normalized spacial score (nSPS) is 33.9. The average molecular weight is 223 g/mol. The predicted molar refractivity (Wildman–Crippen MR) is 61.8 cm³/mol. The quantitative estimate of drug-likeness (QED) is 0.674. The highest BCUT2D eigenvalue weighted by Gasteiger charge is 2.53. The van der Waals surface area contributed by atoms with Crippen LogP contribution >= 0.6 is 0 Å². The van der Waals surface area contributed by atoms with Gasteiger partial charge in [0.05, 0.1) is 5.92 Å². The van der Waals surface area contributed by atoms with Gasteiger partial charge in [0.25, 0.3) is 0 Å². The number of likely N-dealkylation sites (tertiary alicyclic amines) is 2. The summed E-state index contributed by atoms with van der Waals surface area (Å²) in [5.41, 5.74) is 6.25. The molecular weight excluding hydrogens is 202 g/mol. The van der Waals surface area contributed by atoms with Gasteiger partial charge in [0.15, 0.2) is 0 Å². The van der Waals surface area contributed by atoms with Crippen LogP contribution in [0, 0.1) is 11.3 Å². The van der Waals surface area contributed by atoms with Gasteiger partial charge in [-0.25, -0.2) is 0 Å². The second-order valence-corrected chi connectivity index (χ2v) is 6.11. The van der Waals surface area contributed by atoms with Crippen molar-refractivity contribution in [2.24, 2.45) is 17.1 Å². The number of amides is 1. The minimum absolute atomic E-state index is 0.260. The van der Waals surface area contributed by atoms with Crippen molar-refractivity contribution in [3.63, 3.8) is 0 Å². The first-order valence-corrected chi connectivity index (χ1v) is 6.31. The number of carbonyl (C=O) groups excluding carboxylic acids is 1. The van der Waals surface area contributed by atoms with E-state index in [1.165, 1.54) is 0 Å². The van der Waals surface area contributed by atoms with Gasteiger partial charge in [0.1, 0.15) is 0 Å². The molecule has 0 radical (unpaired) electrons. The molecule has 2 saturated heterocycles. The molecule has 90 valence electrons. The van der Waals surface area contributed by atoms with E-state index in [0.717, 1.165) is 45.4 Å². The Bertz CT molecular complexity index is 303. The number of hydrogen-bond donors (Lipinski definition) is 1. The van der Waals surface area contributed by atoms with E-state index in [2.05, 4.69) is 16.8 Å². The lowest BCUT2D eigenvalue weighted by molar-refractivity contribution is -0.155. The summed E-state index contributed by atoms with van der Waals surface area (Å²) in [7, 11) is 2.09. The van der Waals surface area contributed by atoms with Crippen molar-refractivity contribution in [1.82, 2.24) is 9.80 Å². The first-order valence-electron chi connectivity index (χ1n) is 6.31. The van der Waals surface area contributed by atoms with E-state index >= 15 is 0 Å². The van der Waals surface area contributed by atoms with Crippen LogP contribution in [-0.4, -0.2) is 55.0 Å². The van der Waals surface area contributed by atoms with Crippen LogP contribution in [0.25, 0.3) is 0 Å². The zero-order valence-electron chi connectivity index (χ0n) is 9.98. The minimum atomic E-state index is 0.260. The van der Waals surface area contributed by atoms with E-state index in [-0.39, 0.29) is 5.92 Å². The van der Waals surface area contributed by atoms with Gasteiger partial charge >= 0.3 is 0 Å². The molecule has 0 aromatic heterocycles. The Balaban J connectivity index is 1.51. The SMILES string of the molecule is CN1CC[C@@H](C(=O)N2CC3(CC(N)C3)C2)C1. The van der Waals surface area contributed by atoms with E-state index in [9.17, 15) is 4.79 Å². The molecule has 0 aromatic carbocycles.